The van der Waals surface area contributed by atoms with Crippen LogP contribution in [-0.4, -0.2) is 30.4 Å². The highest BCUT2D eigenvalue weighted by atomic mass is 19.1. The molecule has 1 aromatic carbocycles. The van der Waals surface area contributed by atoms with Crippen molar-refractivity contribution in [3.8, 4) is 5.75 Å². The topological polar surface area (TPSA) is 41.5 Å². The zero-order valence-electron chi connectivity index (χ0n) is 12.0. The summed E-state index contributed by atoms with van der Waals surface area (Å²) >= 11 is 0. The van der Waals surface area contributed by atoms with Crippen LogP contribution >= 0.6 is 0 Å². The Balaban J connectivity index is 2.50. The Kier molecular flexibility index (Phi) is 6.25. The Bertz CT molecular complexity index is 398. The summed E-state index contributed by atoms with van der Waals surface area (Å²) < 4.78 is 19.2. The molecule has 19 heavy (non-hydrogen) atoms. The molecule has 1 unspecified atom stereocenters. The van der Waals surface area contributed by atoms with Gasteiger partial charge in [-0.3, -0.25) is 0 Å². The molecule has 0 bridgehead atoms. The van der Waals surface area contributed by atoms with E-state index >= 15 is 0 Å². The number of ether oxygens (including phenoxy) is 1. The van der Waals surface area contributed by atoms with Crippen LogP contribution in [0.25, 0.3) is 0 Å². The molecule has 0 aliphatic carbocycles. The summed E-state index contributed by atoms with van der Waals surface area (Å²) in [7, 11) is 0. The molecule has 0 heterocycles. The van der Waals surface area contributed by atoms with E-state index < -0.39 is 0 Å². The average molecular weight is 269 g/mol. The van der Waals surface area contributed by atoms with Crippen molar-refractivity contribution in [1.29, 1.82) is 0 Å². The van der Waals surface area contributed by atoms with Gasteiger partial charge >= 0.3 is 0 Å². The number of benzene rings is 1. The number of nitrogens with one attached hydrogen (secondary N) is 1. The molecule has 1 rings (SSSR count). The van der Waals surface area contributed by atoms with Gasteiger partial charge in [-0.25, -0.2) is 4.39 Å². The lowest BCUT2D eigenvalue weighted by atomic mass is 9.99. The van der Waals surface area contributed by atoms with Gasteiger partial charge in [0.2, 0.25) is 0 Å². The van der Waals surface area contributed by atoms with Crippen LogP contribution < -0.4 is 10.1 Å². The van der Waals surface area contributed by atoms with Crippen LogP contribution in [0.15, 0.2) is 18.2 Å². The summed E-state index contributed by atoms with van der Waals surface area (Å²) in [6.07, 6.45) is 1.62. The molecule has 0 aliphatic rings. The number of aliphatic hydroxyl groups is 1. The molecule has 2 N–H and O–H groups in total. The number of hydrogen-bond acceptors (Lipinski definition) is 3. The van der Waals surface area contributed by atoms with Crippen molar-refractivity contribution in [1.82, 2.24) is 5.32 Å². The van der Waals surface area contributed by atoms with Crippen molar-refractivity contribution in [2.24, 2.45) is 0 Å². The number of rotatable bonds is 8. The Hall–Kier alpha value is -1.13. The maximum Gasteiger partial charge on any atom is 0.167 e. The van der Waals surface area contributed by atoms with Gasteiger partial charge < -0.3 is 15.2 Å². The average Bonchev–Trinajstić information content (AvgIpc) is 2.41. The van der Waals surface area contributed by atoms with E-state index in [1.54, 1.807) is 25.1 Å². The van der Waals surface area contributed by atoms with Gasteiger partial charge in [-0.1, -0.05) is 19.1 Å². The monoisotopic (exact) mass is 269 g/mol. The van der Waals surface area contributed by atoms with E-state index in [2.05, 4.69) is 12.2 Å². The Morgan fingerprint density at radius 3 is 2.79 bits per heavy atom. The molecule has 1 atom stereocenters. The smallest absolute Gasteiger partial charge is 0.167 e. The molecule has 1 aromatic rings. The molecular formula is C15H24FNO2. The van der Waals surface area contributed by atoms with Crippen LogP contribution in [0.3, 0.4) is 0 Å². The van der Waals surface area contributed by atoms with Gasteiger partial charge in [0, 0.05) is 12.0 Å². The predicted octanol–water partition coefficient (Wildman–Crippen LogP) is 2.65. The minimum atomic E-state index is -0.379. The van der Waals surface area contributed by atoms with Crippen molar-refractivity contribution < 1.29 is 14.2 Å². The van der Waals surface area contributed by atoms with Gasteiger partial charge in [0.05, 0.1) is 13.2 Å². The predicted molar refractivity (Wildman–Crippen MR) is 75.0 cm³/mol. The van der Waals surface area contributed by atoms with Gasteiger partial charge in [-0.2, -0.15) is 0 Å². The van der Waals surface area contributed by atoms with Gasteiger partial charge in [-0.15, -0.1) is 0 Å². The fourth-order valence-corrected chi connectivity index (χ4v) is 1.77. The summed E-state index contributed by atoms with van der Waals surface area (Å²) in [5.41, 5.74) is 0.197. The Morgan fingerprint density at radius 2 is 2.16 bits per heavy atom. The minimum Gasteiger partial charge on any atom is -0.490 e. The lowest BCUT2D eigenvalue weighted by molar-refractivity contribution is 0.143. The van der Waals surface area contributed by atoms with E-state index in [0.29, 0.717) is 18.6 Å². The van der Waals surface area contributed by atoms with Crippen LogP contribution in [0.4, 0.5) is 4.39 Å². The largest absolute Gasteiger partial charge is 0.490 e. The second-order valence-electron chi connectivity index (χ2n) is 5.13. The van der Waals surface area contributed by atoms with Gasteiger partial charge in [0.25, 0.3) is 0 Å². The highest BCUT2D eigenvalue weighted by molar-refractivity contribution is 5.30. The first-order valence-corrected chi connectivity index (χ1v) is 6.76. The first-order chi connectivity index (χ1) is 9.02. The van der Waals surface area contributed by atoms with E-state index in [9.17, 15) is 9.50 Å². The normalized spacial score (nSPS) is 14.2. The van der Waals surface area contributed by atoms with Crippen molar-refractivity contribution >= 4 is 0 Å². The molecular weight excluding hydrogens is 245 g/mol. The fraction of sp³-hybridized carbons (Fsp3) is 0.600. The van der Waals surface area contributed by atoms with E-state index in [4.69, 9.17) is 4.74 Å². The van der Waals surface area contributed by atoms with Crippen molar-refractivity contribution in [2.45, 2.75) is 39.2 Å². The second kappa shape index (κ2) is 7.46. The summed E-state index contributed by atoms with van der Waals surface area (Å²) in [6.45, 7) is 6.97. The zero-order chi connectivity index (χ0) is 14.3. The van der Waals surface area contributed by atoms with Crippen molar-refractivity contribution in [3.05, 3.63) is 29.6 Å². The summed E-state index contributed by atoms with van der Waals surface area (Å²) in [6, 6.07) is 5.11. The number of aliphatic hydroxyl groups excluding tert-OH is 1. The third kappa shape index (κ3) is 4.80. The number of halogens is 1. The SMILES string of the molecule is CCCNC(C)(CO)CCOc1cccc(C)c1F. The lowest BCUT2D eigenvalue weighted by Gasteiger charge is -2.28. The zero-order valence-corrected chi connectivity index (χ0v) is 12.0. The van der Waals surface area contributed by atoms with E-state index in [0.717, 1.165) is 13.0 Å². The van der Waals surface area contributed by atoms with Crippen molar-refractivity contribution in [3.63, 3.8) is 0 Å². The second-order valence-corrected chi connectivity index (χ2v) is 5.13. The molecule has 0 amide bonds. The molecule has 0 spiro atoms. The Labute approximate surface area is 114 Å². The van der Waals surface area contributed by atoms with E-state index in [-0.39, 0.29) is 23.7 Å². The number of aryl methyl sites for hydroxylation is 1. The maximum absolute atomic E-state index is 13.7. The van der Waals surface area contributed by atoms with Crippen LogP contribution in [-0.2, 0) is 0 Å². The van der Waals surface area contributed by atoms with Gasteiger partial charge in [0.15, 0.2) is 11.6 Å². The summed E-state index contributed by atoms with van der Waals surface area (Å²) in [5, 5.41) is 12.7. The first-order valence-electron chi connectivity index (χ1n) is 6.76. The standard InChI is InChI=1S/C15H24FNO2/c1-4-9-17-15(3,11-18)8-10-19-13-7-5-6-12(2)14(13)16/h5-7,17-18H,4,8-11H2,1-3H3. The molecule has 4 heteroatoms. The van der Waals surface area contributed by atoms with Gasteiger partial charge in [-0.05, 0) is 38.4 Å². The minimum absolute atomic E-state index is 0.0344. The molecule has 0 saturated carbocycles. The van der Waals surface area contributed by atoms with Crippen LogP contribution in [0.1, 0.15) is 32.3 Å². The highest BCUT2D eigenvalue weighted by Gasteiger charge is 2.22. The lowest BCUT2D eigenvalue weighted by Crippen LogP contribution is -2.47. The van der Waals surface area contributed by atoms with Crippen LogP contribution in [0.5, 0.6) is 5.75 Å². The molecule has 108 valence electrons. The number of hydrogen-bond donors (Lipinski definition) is 2. The molecule has 0 aliphatic heterocycles. The quantitative estimate of drug-likeness (QED) is 0.762. The van der Waals surface area contributed by atoms with Crippen LogP contribution in [0.2, 0.25) is 0 Å². The highest BCUT2D eigenvalue weighted by Crippen LogP contribution is 2.20. The summed E-state index contributed by atoms with van der Waals surface area (Å²) in [5.74, 6) is -0.0366. The van der Waals surface area contributed by atoms with E-state index in [1.807, 2.05) is 6.92 Å². The van der Waals surface area contributed by atoms with E-state index in [1.165, 1.54) is 0 Å². The molecule has 3 nitrogen and oxygen atoms in total. The molecule has 0 aromatic heterocycles. The third-order valence-corrected chi connectivity index (χ3v) is 3.22. The Morgan fingerprint density at radius 1 is 1.42 bits per heavy atom. The van der Waals surface area contributed by atoms with Gasteiger partial charge in [0.1, 0.15) is 0 Å². The maximum atomic E-state index is 13.7. The molecule has 0 fully saturated rings. The van der Waals surface area contributed by atoms with Crippen LogP contribution in [0, 0.1) is 12.7 Å². The fourth-order valence-electron chi connectivity index (χ4n) is 1.77. The molecule has 0 saturated heterocycles. The van der Waals surface area contributed by atoms with Crippen molar-refractivity contribution in [2.75, 3.05) is 19.8 Å². The summed E-state index contributed by atoms with van der Waals surface area (Å²) in [4.78, 5) is 0. The first kappa shape index (κ1) is 15.9. The molecule has 0 radical (unpaired) electrons. The third-order valence-electron chi connectivity index (χ3n) is 3.22.